The molecule has 130 valence electrons. The molecule has 0 atom stereocenters. The van der Waals surface area contributed by atoms with E-state index in [-0.39, 0.29) is 18.6 Å². The molecule has 26 heavy (non-hydrogen) atoms. The molecule has 0 unspecified atom stereocenters. The fourth-order valence-corrected chi connectivity index (χ4v) is 2.85. The predicted octanol–water partition coefficient (Wildman–Crippen LogP) is 2.43. The lowest BCUT2D eigenvalue weighted by Gasteiger charge is -2.07. The van der Waals surface area contributed by atoms with Crippen molar-refractivity contribution in [2.24, 2.45) is 0 Å². The normalized spacial score (nSPS) is 11.1. The van der Waals surface area contributed by atoms with E-state index in [1.54, 1.807) is 12.1 Å². The number of aryl methyl sites for hydroxylation is 1. The Labute approximate surface area is 147 Å². The Morgan fingerprint density at radius 1 is 1.19 bits per heavy atom. The van der Waals surface area contributed by atoms with E-state index < -0.39 is 5.97 Å². The van der Waals surface area contributed by atoms with Crippen molar-refractivity contribution < 1.29 is 14.1 Å². The van der Waals surface area contributed by atoms with E-state index in [2.05, 4.69) is 10.1 Å². The molecule has 0 radical (unpaired) electrons. The summed E-state index contributed by atoms with van der Waals surface area (Å²) >= 11 is 0. The maximum atomic E-state index is 12.2. The third kappa shape index (κ3) is 2.95. The van der Waals surface area contributed by atoms with Crippen molar-refractivity contribution in [3.63, 3.8) is 0 Å². The molecule has 0 saturated heterocycles. The molecule has 7 heteroatoms. The average molecular weight is 349 g/mol. The number of pyridine rings is 1. The second-order valence-corrected chi connectivity index (χ2v) is 5.91. The van der Waals surface area contributed by atoms with Crippen LogP contribution in [0.15, 0.2) is 57.8 Å². The molecule has 0 aliphatic heterocycles. The van der Waals surface area contributed by atoms with Gasteiger partial charge in [-0.1, -0.05) is 23.4 Å². The van der Waals surface area contributed by atoms with Crippen LogP contribution >= 0.6 is 0 Å². The largest absolute Gasteiger partial charge is 0.459 e. The molecule has 7 nitrogen and oxygen atoms in total. The summed E-state index contributed by atoms with van der Waals surface area (Å²) in [5.41, 5.74) is 2.65. The number of carbonyl (C=O) groups is 1. The predicted molar refractivity (Wildman–Crippen MR) is 93.7 cm³/mol. The number of fused-ring (bicyclic) bond motifs is 2. The smallest absolute Gasteiger partial charge is 0.312 e. The van der Waals surface area contributed by atoms with E-state index >= 15 is 0 Å². The Bertz CT molecular complexity index is 1180. The van der Waals surface area contributed by atoms with Gasteiger partial charge in [0.15, 0.2) is 5.58 Å². The molecule has 0 fully saturated rings. The molecule has 0 aliphatic rings. The number of hydrogen-bond donors (Lipinski definition) is 0. The zero-order valence-corrected chi connectivity index (χ0v) is 14.0. The Hall–Kier alpha value is -3.48. The van der Waals surface area contributed by atoms with Gasteiger partial charge in [-0.3, -0.25) is 14.0 Å². The van der Waals surface area contributed by atoms with Crippen LogP contribution in [0.1, 0.15) is 17.1 Å². The van der Waals surface area contributed by atoms with Gasteiger partial charge in [0.2, 0.25) is 0 Å². The van der Waals surface area contributed by atoms with Gasteiger partial charge in [-0.05, 0) is 31.2 Å². The van der Waals surface area contributed by atoms with Crippen molar-refractivity contribution in [3.8, 4) is 0 Å². The molecule has 1 aromatic carbocycles. The number of nitrogens with zero attached hydrogens (tertiary/aromatic N) is 3. The van der Waals surface area contributed by atoms with E-state index in [9.17, 15) is 9.59 Å². The van der Waals surface area contributed by atoms with Crippen LogP contribution in [0.25, 0.3) is 16.6 Å². The zero-order chi connectivity index (χ0) is 18.1. The molecule has 3 heterocycles. The number of para-hydroxylation sites is 1. The second-order valence-electron chi connectivity index (χ2n) is 5.91. The third-order valence-corrected chi connectivity index (χ3v) is 4.08. The lowest BCUT2D eigenvalue weighted by molar-refractivity contribution is -0.144. The molecule has 0 N–H and O–H groups in total. The van der Waals surface area contributed by atoms with Gasteiger partial charge in [-0.2, -0.15) is 0 Å². The van der Waals surface area contributed by atoms with Crippen LogP contribution in [0.2, 0.25) is 0 Å². The third-order valence-electron chi connectivity index (χ3n) is 4.08. The fraction of sp³-hybridized carbons (Fsp3) is 0.158. The highest BCUT2D eigenvalue weighted by Gasteiger charge is 2.14. The fourth-order valence-electron chi connectivity index (χ4n) is 2.85. The first kappa shape index (κ1) is 16.0. The number of ether oxygens (including phenoxy) is 1. The summed E-state index contributed by atoms with van der Waals surface area (Å²) in [5.74, 6) is -0.463. The van der Waals surface area contributed by atoms with Gasteiger partial charge >= 0.3 is 5.97 Å². The van der Waals surface area contributed by atoms with Crippen LogP contribution in [-0.4, -0.2) is 20.5 Å². The standard InChI is InChI=1S/C19H15N3O4/c1-12-5-4-8-17-20-13(9-18(23)22(12)17)11-25-19(24)10-15-14-6-2-3-7-16(14)26-21-15/h2-9H,10-11H2,1H3. The summed E-state index contributed by atoms with van der Waals surface area (Å²) < 4.78 is 11.9. The van der Waals surface area contributed by atoms with E-state index in [0.717, 1.165) is 11.1 Å². The highest BCUT2D eigenvalue weighted by atomic mass is 16.5. The topological polar surface area (TPSA) is 86.7 Å². The number of carbonyl (C=O) groups excluding carboxylic acids is 1. The first-order valence-corrected chi connectivity index (χ1v) is 8.09. The van der Waals surface area contributed by atoms with E-state index in [4.69, 9.17) is 9.26 Å². The van der Waals surface area contributed by atoms with Crippen LogP contribution in [0.5, 0.6) is 0 Å². The van der Waals surface area contributed by atoms with Crippen LogP contribution in [-0.2, 0) is 22.6 Å². The maximum absolute atomic E-state index is 12.2. The number of aromatic nitrogens is 3. The Morgan fingerprint density at radius 3 is 2.92 bits per heavy atom. The molecule has 4 rings (SSSR count). The number of hydrogen-bond acceptors (Lipinski definition) is 6. The first-order chi connectivity index (χ1) is 12.6. The monoisotopic (exact) mass is 349 g/mol. The molecule has 0 spiro atoms. The second kappa shape index (κ2) is 6.44. The summed E-state index contributed by atoms with van der Waals surface area (Å²) in [5, 5.41) is 4.69. The summed E-state index contributed by atoms with van der Waals surface area (Å²) in [6.45, 7) is 1.76. The minimum Gasteiger partial charge on any atom is -0.459 e. The van der Waals surface area contributed by atoms with Crippen molar-refractivity contribution in [2.45, 2.75) is 20.0 Å². The maximum Gasteiger partial charge on any atom is 0.312 e. The van der Waals surface area contributed by atoms with Gasteiger partial charge in [-0.25, -0.2) is 4.98 Å². The number of esters is 1. The van der Waals surface area contributed by atoms with Gasteiger partial charge in [0.25, 0.3) is 5.56 Å². The number of benzene rings is 1. The van der Waals surface area contributed by atoms with E-state index in [1.165, 1.54) is 10.5 Å². The Kier molecular flexibility index (Phi) is 3.96. The van der Waals surface area contributed by atoms with Crippen LogP contribution < -0.4 is 5.56 Å². The minimum atomic E-state index is -0.463. The summed E-state index contributed by atoms with van der Waals surface area (Å²) in [6.07, 6.45) is -0.0112. The van der Waals surface area contributed by atoms with Crippen molar-refractivity contribution in [1.82, 2.24) is 14.5 Å². The Balaban J connectivity index is 1.49. The highest BCUT2D eigenvalue weighted by Crippen LogP contribution is 2.18. The molecule has 3 aromatic heterocycles. The lowest BCUT2D eigenvalue weighted by Crippen LogP contribution is -2.18. The highest BCUT2D eigenvalue weighted by molar-refractivity contribution is 5.84. The van der Waals surface area contributed by atoms with Crippen LogP contribution in [0.3, 0.4) is 0 Å². The quantitative estimate of drug-likeness (QED) is 0.526. The SMILES string of the molecule is Cc1cccc2nc(COC(=O)Cc3noc4ccccc34)cc(=O)n12. The summed E-state index contributed by atoms with van der Waals surface area (Å²) in [4.78, 5) is 28.7. The average Bonchev–Trinajstić information content (AvgIpc) is 3.03. The van der Waals surface area contributed by atoms with Crippen molar-refractivity contribution in [1.29, 1.82) is 0 Å². The molecule has 0 amide bonds. The van der Waals surface area contributed by atoms with E-state index in [0.29, 0.717) is 22.6 Å². The van der Waals surface area contributed by atoms with E-state index in [1.807, 2.05) is 37.3 Å². The molecular formula is C19H15N3O4. The van der Waals surface area contributed by atoms with Crippen molar-refractivity contribution in [2.75, 3.05) is 0 Å². The molecule has 4 aromatic rings. The van der Waals surface area contributed by atoms with Crippen LogP contribution in [0, 0.1) is 6.92 Å². The first-order valence-electron chi connectivity index (χ1n) is 8.09. The van der Waals surface area contributed by atoms with Gasteiger partial charge in [0.1, 0.15) is 17.9 Å². The van der Waals surface area contributed by atoms with Gasteiger partial charge in [0, 0.05) is 17.1 Å². The molecule has 0 saturated carbocycles. The summed E-state index contributed by atoms with van der Waals surface area (Å²) in [6, 6.07) is 14.1. The van der Waals surface area contributed by atoms with Gasteiger partial charge < -0.3 is 9.26 Å². The number of rotatable bonds is 4. The zero-order valence-electron chi connectivity index (χ0n) is 14.0. The Morgan fingerprint density at radius 2 is 2.04 bits per heavy atom. The molecular weight excluding hydrogens is 334 g/mol. The molecule has 0 bridgehead atoms. The van der Waals surface area contributed by atoms with Crippen molar-refractivity contribution in [3.05, 3.63) is 76.0 Å². The van der Waals surface area contributed by atoms with Crippen LogP contribution in [0.4, 0.5) is 0 Å². The van der Waals surface area contributed by atoms with Crippen molar-refractivity contribution >= 4 is 22.6 Å². The van der Waals surface area contributed by atoms with Gasteiger partial charge in [0.05, 0.1) is 12.1 Å². The lowest BCUT2D eigenvalue weighted by atomic mass is 10.2. The van der Waals surface area contributed by atoms with Gasteiger partial charge in [-0.15, -0.1) is 0 Å². The summed E-state index contributed by atoms with van der Waals surface area (Å²) in [7, 11) is 0. The minimum absolute atomic E-state index is 0.0112. The molecule has 0 aliphatic carbocycles.